The van der Waals surface area contributed by atoms with Crippen molar-refractivity contribution in [2.24, 2.45) is 0 Å². The molecule has 0 aliphatic rings. The first-order valence-corrected chi connectivity index (χ1v) is 3.74. The highest BCUT2D eigenvalue weighted by molar-refractivity contribution is 6.34. The zero-order chi connectivity index (χ0) is 9.14. The Morgan fingerprint density at radius 3 is 2.00 bits per heavy atom. The second kappa shape index (κ2) is 3.92. The van der Waals surface area contributed by atoms with Gasteiger partial charge < -0.3 is 4.74 Å². The molecule has 1 aromatic rings. The zero-order valence-corrected chi connectivity index (χ0v) is 7.24. The van der Waals surface area contributed by atoms with E-state index < -0.39 is 6.61 Å². The molecule has 1 rings (SSSR count). The van der Waals surface area contributed by atoms with Gasteiger partial charge in [-0.2, -0.15) is 8.78 Å². The zero-order valence-electron chi connectivity index (χ0n) is 5.73. The molecule has 0 aromatic heterocycles. The summed E-state index contributed by atoms with van der Waals surface area (Å²) in [5.41, 5.74) is 0. The molecule has 0 spiro atoms. The number of rotatable bonds is 2. The van der Waals surface area contributed by atoms with Crippen LogP contribution >= 0.6 is 23.2 Å². The summed E-state index contributed by atoms with van der Waals surface area (Å²) < 4.78 is 27.4. The first kappa shape index (κ1) is 9.55. The number of hydrogen-bond donors (Lipinski definition) is 0. The highest BCUT2D eigenvalue weighted by Crippen LogP contribution is 2.25. The molecule has 0 bridgehead atoms. The van der Waals surface area contributed by atoms with Crippen LogP contribution in [0.15, 0.2) is 18.2 Å². The average Bonchev–Trinajstić information content (AvgIpc) is 1.81. The maximum absolute atomic E-state index is 11.7. The Balaban J connectivity index is 2.85. The molecular weight excluding hydrogens is 209 g/mol. The fourth-order valence-electron chi connectivity index (χ4n) is 0.699. The Bertz CT molecular complexity index is 258. The molecule has 0 N–H and O–H groups in total. The predicted molar refractivity (Wildman–Crippen MR) is 43.1 cm³/mol. The van der Waals surface area contributed by atoms with Gasteiger partial charge in [-0.15, -0.1) is 0 Å². The van der Waals surface area contributed by atoms with Crippen molar-refractivity contribution in [1.29, 1.82) is 0 Å². The van der Waals surface area contributed by atoms with E-state index in [1.165, 1.54) is 18.2 Å². The van der Waals surface area contributed by atoms with E-state index in [1.54, 1.807) is 0 Å². The first-order valence-electron chi connectivity index (χ1n) is 2.99. The number of ether oxygens (including phenoxy) is 1. The van der Waals surface area contributed by atoms with Crippen LogP contribution in [-0.2, 0) is 0 Å². The van der Waals surface area contributed by atoms with E-state index in [0.29, 0.717) is 0 Å². The van der Waals surface area contributed by atoms with Gasteiger partial charge in [0.15, 0.2) is 0 Å². The summed E-state index contributed by atoms with van der Waals surface area (Å²) in [4.78, 5) is 0. The van der Waals surface area contributed by atoms with Crippen molar-refractivity contribution in [3.63, 3.8) is 0 Å². The van der Waals surface area contributed by atoms with E-state index in [0.717, 1.165) is 0 Å². The Hall–Kier alpha value is -0.540. The van der Waals surface area contributed by atoms with Crippen molar-refractivity contribution in [1.82, 2.24) is 0 Å². The van der Waals surface area contributed by atoms with Crippen molar-refractivity contribution >= 4 is 23.2 Å². The monoisotopic (exact) mass is 212 g/mol. The summed E-state index contributed by atoms with van der Waals surface area (Å²) in [5, 5.41) is 0.524. The Morgan fingerprint density at radius 2 is 1.58 bits per heavy atom. The van der Waals surface area contributed by atoms with Gasteiger partial charge in [-0.05, 0) is 18.2 Å². The molecule has 0 amide bonds. The third-order valence-electron chi connectivity index (χ3n) is 1.06. The second-order valence-corrected chi connectivity index (χ2v) is 2.86. The van der Waals surface area contributed by atoms with Crippen molar-refractivity contribution in [2.45, 2.75) is 6.61 Å². The number of alkyl halides is 2. The molecule has 1 nitrogen and oxygen atoms in total. The van der Waals surface area contributed by atoms with Crippen LogP contribution in [0.2, 0.25) is 10.0 Å². The van der Waals surface area contributed by atoms with E-state index >= 15 is 0 Å². The Morgan fingerprint density at radius 1 is 1.08 bits per heavy atom. The van der Waals surface area contributed by atoms with Crippen LogP contribution in [0.1, 0.15) is 0 Å². The smallest absolute Gasteiger partial charge is 0.387 e. The van der Waals surface area contributed by atoms with Crippen molar-refractivity contribution < 1.29 is 13.5 Å². The van der Waals surface area contributed by atoms with Crippen molar-refractivity contribution in [2.75, 3.05) is 0 Å². The minimum absolute atomic E-state index is 0.0394. The van der Waals surface area contributed by atoms with Crippen LogP contribution in [0.4, 0.5) is 8.78 Å². The lowest BCUT2D eigenvalue weighted by molar-refractivity contribution is -0.0498. The van der Waals surface area contributed by atoms with Crippen LogP contribution in [0.25, 0.3) is 0 Å². The molecule has 0 unspecified atom stereocenters. The molecule has 5 heteroatoms. The molecular formula is C7H4Cl2F2O. The third-order valence-corrected chi connectivity index (χ3v) is 1.50. The van der Waals surface area contributed by atoms with Crippen LogP contribution in [0.3, 0.4) is 0 Å². The quantitative estimate of drug-likeness (QED) is 0.729. The summed E-state index contributed by atoms with van der Waals surface area (Å²) >= 11 is 11.0. The lowest BCUT2D eigenvalue weighted by Crippen LogP contribution is -2.01. The van der Waals surface area contributed by atoms with Gasteiger partial charge in [0.05, 0.1) is 0 Å². The molecule has 0 radical (unpaired) electrons. The van der Waals surface area contributed by atoms with E-state index in [-0.39, 0.29) is 15.8 Å². The van der Waals surface area contributed by atoms with Crippen molar-refractivity contribution in [3.8, 4) is 5.75 Å². The van der Waals surface area contributed by atoms with Crippen molar-refractivity contribution in [3.05, 3.63) is 28.2 Å². The Labute approximate surface area is 77.8 Å². The van der Waals surface area contributed by atoms with Gasteiger partial charge in [-0.25, -0.2) is 0 Å². The normalized spacial score (nSPS) is 10.4. The van der Waals surface area contributed by atoms with Gasteiger partial charge in [0.25, 0.3) is 0 Å². The van der Waals surface area contributed by atoms with Gasteiger partial charge >= 0.3 is 6.61 Å². The number of halogens is 4. The topological polar surface area (TPSA) is 9.23 Å². The van der Waals surface area contributed by atoms with Gasteiger partial charge in [-0.1, -0.05) is 23.2 Å². The molecule has 0 aliphatic heterocycles. The molecule has 0 fully saturated rings. The third kappa shape index (κ3) is 2.83. The molecule has 0 saturated heterocycles. The van der Waals surface area contributed by atoms with Crippen LogP contribution in [0.5, 0.6) is 5.75 Å². The lowest BCUT2D eigenvalue weighted by Gasteiger charge is -2.04. The van der Waals surface area contributed by atoms with Gasteiger partial charge in [0.1, 0.15) is 5.75 Å². The highest BCUT2D eigenvalue weighted by Gasteiger charge is 2.05. The highest BCUT2D eigenvalue weighted by atomic mass is 35.5. The summed E-state index contributed by atoms with van der Waals surface area (Å²) in [6.07, 6.45) is 0. The number of hydrogen-bond acceptors (Lipinski definition) is 1. The first-order chi connectivity index (χ1) is 5.58. The molecule has 0 atom stereocenters. The molecule has 1 aromatic carbocycles. The van der Waals surface area contributed by atoms with E-state index in [4.69, 9.17) is 23.2 Å². The predicted octanol–water partition coefficient (Wildman–Crippen LogP) is 3.59. The van der Waals surface area contributed by atoms with Crippen LogP contribution < -0.4 is 4.74 Å². The van der Waals surface area contributed by atoms with Gasteiger partial charge in [0, 0.05) is 10.0 Å². The van der Waals surface area contributed by atoms with Crippen LogP contribution in [0, 0.1) is 0 Å². The van der Waals surface area contributed by atoms with E-state index in [9.17, 15) is 8.78 Å². The lowest BCUT2D eigenvalue weighted by atomic mass is 10.3. The van der Waals surface area contributed by atoms with E-state index in [1.807, 2.05) is 0 Å². The molecule has 66 valence electrons. The minimum Gasteiger partial charge on any atom is -0.435 e. The molecule has 0 aliphatic carbocycles. The van der Waals surface area contributed by atoms with Crippen LogP contribution in [-0.4, -0.2) is 6.61 Å². The maximum Gasteiger partial charge on any atom is 0.387 e. The summed E-state index contributed by atoms with van der Waals surface area (Å²) in [6.45, 7) is -2.86. The van der Waals surface area contributed by atoms with E-state index in [2.05, 4.69) is 4.74 Å². The largest absolute Gasteiger partial charge is 0.435 e. The molecule has 0 heterocycles. The summed E-state index contributed by atoms with van der Waals surface area (Å²) in [5.74, 6) is -0.0394. The molecule has 0 saturated carbocycles. The fourth-order valence-corrected chi connectivity index (χ4v) is 1.21. The summed E-state index contributed by atoms with van der Waals surface area (Å²) in [6, 6.07) is 3.96. The SMILES string of the molecule is FC(F)Oc1cc(Cl)cc(Cl)c1. The maximum atomic E-state index is 11.7. The Kier molecular flexibility index (Phi) is 3.12. The van der Waals surface area contributed by atoms with Gasteiger partial charge in [-0.3, -0.25) is 0 Å². The standard InChI is InChI=1S/C7H4Cl2F2O/c8-4-1-5(9)3-6(2-4)12-7(10)11/h1-3,7H. The van der Waals surface area contributed by atoms with Gasteiger partial charge in [0.2, 0.25) is 0 Å². The second-order valence-electron chi connectivity index (χ2n) is 1.98. The number of benzene rings is 1. The fraction of sp³-hybridized carbons (Fsp3) is 0.143. The average molecular weight is 213 g/mol. The molecule has 12 heavy (non-hydrogen) atoms. The minimum atomic E-state index is -2.86. The summed E-state index contributed by atoms with van der Waals surface area (Å²) in [7, 11) is 0.